The molecule has 0 radical (unpaired) electrons. The molecule has 0 bridgehead atoms. The lowest BCUT2D eigenvalue weighted by Gasteiger charge is -2.22. The van der Waals surface area contributed by atoms with Crippen LogP contribution in [0, 0.1) is 0 Å². The number of hydrogen-bond acceptors (Lipinski definition) is 13. The maximum atomic E-state index is 13.1. The van der Waals surface area contributed by atoms with Gasteiger partial charge >= 0.3 is 18.2 Å². The number of hydrogen-bond donors (Lipinski definition) is 6. The number of anilines is 4. The van der Waals surface area contributed by atoms with Crippen molar-refractivity contribution in [3.63, 3.8) is 0 Å². The number of ether oxygens (including phenoxy) is 3. The van der Waals surface area contributed by atoms with Crippen molar-refractivity contribution in [2.45, 2.75) is 78.9 Å². The number of alkyl carbamates (subject to hydrolysis) is 2. The first-order chi connectivity index (χ1) is 26.5. The fourth-order valence-corrected chi connectivity index (χ4v) is 4.62. The van der Waals surface area contributed by atoms with Crippen LogP contribution in [0.4, 0.5) is 32.7 Å². The third kappa shape index (κ3) is 15.1. The van der Waals surface area contributed by atoms with Gasteiger partial charge in [0.15, 0.2) is 11.6 Å². The molecule has 0 aromatic carbocycles. The molecule has 0 fully saturated rings. The number of nitrogens with one attached hydrogen (secondary N) is 6. The number of guanidine groups is 1. The third-order valence-electron chi connectivity index (χ3n) is 6.91. The summed E-state index contributed by atoms with van der Waals surface area (Å²) in [6.07, 6.45) is 2.13. The highest BCUT2D eigenvalue weighted by molar-refractivity contribution is 6.04. The van der Waals surface area contributed by atoms with Crippen molar-refractivity contribution in [1.82, 2.24) is 34.3 Å². The average Bonchev–Trinajstić information content (AvgIpc) is 3.72. The first-order valence-corrected chi connectivity index (χ1v) is 17.7. The van der Waals surface area contributed by atoms with Gasteiger partial charge < -0.3 is 49.2 Å². The van der Waals surface area contributed by atoms with Gasteiger partial charge in [0, 0.05) is 65.1 Å². The van der Waals surface area contributed by atoms with Crippen molar-refractivity contribution in [1.29, 1.82) is 0 Å². The molecular weight excluding hydrogens is 748 g/mol. The van der Waals surface area contributed by atoms with Crippen molar-refractivity contribution in [3.8, 4) is 0 Å². The molecule has 0 aliphatic rings. The molecule has 3 rings (SSSR count). The Labute approximate surface area is 328 Å². The number of imidazole rings is 2. The van der Waals surface area contributed by atoms with E-state index in [0.29, 0.717) is 11.5 Å². The molecule has 0 aliphatic carbocycles. The molecule has 22 nitrogen and oxygen atoms in total. The van der Waals surface area contributed by atoms with Crippen molar-refractivity contribution in [2.24, 2.45) is 26.1 Å². The Balaban J connectivity index is 1.53. The number of rotatable bonds is 13. The summed E-state index contributed by atoms with van der Waals surface area (Å²) in [6, 6.07) is 1.51. The van der Waals surface area contributed by atoms with E-state index in [-0.39, 0.29) is 61.7 Å². The predicted octanol–water partition coefficient (Wildman–Crippen LogP) is 3.01. The molecule has 22 heteroatoms. The van der Waals surface area contributed by atoms with Crippen LogP contribution < -0.4 is 31.9 Å². The molecular formula is C35H50N12O10. The number of aliphatic imine (C=N–C) groups is 1. The second kappa shape index (κ2) is 19.2. The van der Waals surface area contributed by atoms with Crippen LogP contribution in [0.2, 0.25) is 0 Å². The topological polar surface area (TPSA) is 272 Å². The zero-order valence-electron chi connectivity index (χ0n) is 33.6. The van der Waals surface area contributed by atoms with E-state index >= 15 is 0 Å². The van der Waals surface area contributed by atoms with Gasteiger partial charge in [0.05, 0.1) is 18.8 Å². The summed E-state index contributed by atoms with van der Waals surface area (Å²) in [6.45, 7) is 11.6. The third-order valence-corrected chi connectivity index (χ3v) is 6.91. The quantitative estimate of drug-likeness (QED) is 0.0631. The van der Waals surface area contributed by atoms with Crippen molar-refractivity contribution in [2.75, 3.05) is 34.4 Å². The van der Waals surface area contributed by atoms with E-state index in [1.54, 1.807) is 80.4 Å². The van der Waals surface area contributed by atoms with Crippen molar-refractivity contribution >= 4 is 70.9 Å². The lowest BCUT2D eigenvalue weighted by molar-refractivity contribution is -0.121. The van der Waals surface area contributed by atoms with Crippen molar-refractivity contribution in [3.05, 3.63) is 36.3 Å². The van der Waals surface area contributed by atoms with Gasteiger partial charge in [-0.25, -0.2) is 24.4 Å². The van der Waals surface area contributed by atoms with E-state index < -0.39 is 53.0 Å². The lowest BCUT2D eigenvalue weighted by Crippen LogP contribution is -2.47. The highest BCUT2D eigenvalue weighted by Gasteiger charge is 2.22. The highest BCUT2D eigenvalue weighted by atomic mass is 16.6. The van der Waals surface area contributed by atoms with E-state index in [1.165, 1.54) is 27.6 Å². The standard InChI is InChI=1S/C35H50N12O10/c1-11-55-30(52)28-41-22(19-47(28)10)38-24(48)12-13-25(49)42-23-16-20(17-45(23)8)37-29(51)27-40-21(18-46(27)9)39-26(50)14-15-36-31(43-32(53)56-34(2,3)4)44-33(54)57-35(5,6)7/h16-19H,11-15H2,1-10H3,(H,37,51)(H,38,48)(H,39,50)(H,42,49)(H2,36,43,44,53,54). The first kappa shape index (κ1) is 44.7. The van der Waals surface area contributed by atoms with Gasteiger partial charge in [0.2, 0.25) is 35.3 Å². The summed E-state index contributed by atoms with van der Waals surface area (Å²) in [4.78, 5) is 99.8. The first-order valence-electron chi connectivity index (χ1n) is 17.7. The number of amides is 6. The van der Waals surface area contributed by atoms with E-state index in [9.17, 15) is 33.6 Å². The number of esters is 1. The van der Waals surface area contributed by atoms with Gasteiger partial charge in [0.1, 0.15) is 17.0 Å². The van der Waals surface area contributed by atoms with E-state index in [1.807, 2.05) is 0 Å². The Morgan fingerprint density at radius 1 is 0.667 bits per heavy atom. The Kier molecular flexibility index (Phi) is 15.1. The highest BCUT2D eigenvalue weighted by Crippen LogP contribution is 2.19. The second-order valence-electron chi connectivity index (χ2n) is 14.4. The molecule has 0 saturated carbocycles. The largest absolute Gasteiger partial charge is 0.460 e. The van der Waals surface area contributed by atoms with Gasteiger partial charge in [-0.05, 0) is 48.5 Å². The number of aromatic nitrogens is 5. The minimum atomic E-state index is -0.883. The van der Waals surface area contributed by atoms with Crippen LogP contribution in [0.25, 0.3) is 0 Å². The van der Waals surface area contributed by atoms with E-state index in [4.69, 9.17) is 14.2 Å². The second-order valence-corrected chi connectivity index (χ2v) is 14.4. The number of aryl methyl sites for hydroxylation is 3. The average molecular weight is 799 g/mol. The zero-order chi connectivity index (χ0) is 42.7. The summed E-state index contributed by atoms with van der Waals surface area (Å²) in [5, 5.41) is 15.1. The zero-order valence-corrected chi connectivity index (χ0v) is 33.6. The number of carbonyl (C=O) groups excluding carboxylic acids is 7. The summed E-state index contributed by atoms with van der Waals surface area (Å²) in [5.74, 6) is -2.52. The van der Waals surface area contributed by atoms with Gasteiger partial charge in [-0.2, -0.15) is 0 Å². The maximum absolute atomic E-state index is 13.1. The summed E-state index contributed by atoms with van der Waals surface area (Å²) < 4.78 is 19.7. The van der Waals surface area contributed by atoms with Crippen LogP contribution in [0.3, 0.4) is 0 Å². The summed E-state index contributed by atoms with van der Waals surface area (Å²) >= 11 is 0. The van der Waals surface area contributed by atoms with Crippen LogP contribution in [-0.4, -0.2) is 95.8 Å². The minimum absolute atomic E-state index is 0.0174. The van der Waals surface area contributed by atoms with Gasteiger partial charge in [-0.3, -0.25) is 34.8 Å². The Morgan fingerprint density at radius 2 is 1.16 bits per heavy atom. The maximum Gasteiger partial charge on any atom is 0.414 e. The van der Waals surface area contributed by atoms with E-state index in [0.717, 1.165) is 0 Å². The van der Waals surface area contributed by atoms with Gasteiger partial charge in [0.25, 0.3) is 5.91 Å². The van der Waals surface area contributed by atoms with Crippen LogP contribution in [-0.2, 0) is 49.7 Å². The van der Waals surface area contributed by atoms with Gasteiger partial charge in [-0.15, -0.1) is 0 Å². The molecule has 57 heavy (non-hydrogen) atoms. The molecule has 0 saturated heterocycles. The van der Waals surface area contributed by atoms with Crippen LogP contribution in [0.15, 0.2) is 29.6 Å². The van der Waals surface area contributed by atoms with E-state index in [2.05, 4.69) is 46.9 Å². The van der Waals surface area contributed by atoms with Crippen LogP contribution in [0.5, 0.6) is 0 Å². The molecule has 6 N–H and O–H groups in total. The molecule has 3 aromatic heterocycles. The molecule has 0 spiro atoms. The molecule has 3 aromatic rings. The normalized spacial score (nSPS) is 11.1. The Morgan fingerprint density at radius 3 is 1.68 bits per heavy atom. The lowest BCUT2D eigenvalue weighted by atomic mass is 10.2. The predicted molar refractivity (Wildman–Crippen MR) is 207 cm³/mol. The monoisotopic (exact) mass is 798 g/mol. The van der Waals surface area contributed by atoms with Crippen LogP contribution in [0.1, 0.15) is 89.0 Å². The fourth-order valence-electron chi connectivity index (χ4n) is 4.62. The molecule has 310 valence electrons. The molecule has 6 amide bonds. The molecule has 0 aliphatic heterocycles. The molecule has 0 atom stereocenters. The molecule has 0 unspecified atom stereocenters. The summed E-state index contributed by atoms with van der Waals surface area (Å²) in [7, 11) is 4.78. The fraction of sp³-hybridized carbons (Fsp3) is 0.486. The Bertz CT molecular complexity index is 1980. The molecule has 3 heterocycles. The number of nitrogens with zero attached hydrogens (tertiary/aromatic N) is 6. The van der Waals surface area contributed by atoms with Crippen molar-refractivity contribution < 1.29 is 47.8 Å². The Hall–Kier alpha value is -6.74. The van der Waals surface area contributed by atoms with Crippen LogP contribution >= 0.6 is 0 Å². The number of carbonyl (C=O) groups is 7. The SMILES string of the molecule is CCOC(=O)c1nc(NC(=O)CCC(=O)Nc2cc(NC(=O)c3nc(NC(=O)CCN=C(NC(=O)OC(C)(C)C)NC(=O)OC(C)(C)C)cn3C)cn2C)cn1C. The van der Waals surface area contributed by atoms with Gasteiger partial charge in [-0.1, -0.05) is 0 Å². The summed E-state index contributed by atoms with van der Waals surface area (Å²) in [5.41, 5.74) is -1.33. The minimum Gasteiger partial charge on any atom is -0.460 e. The smallest absolute Gasteiger partial charge is 0.414 e.